The van der Waals surface area contributed by atoms with Gasteiger partial charge >= 0.3 is 0 Å². The SMILES string of the molecule is COc1ccc2nccc(CCC3(O)CCC(NCc4ccc5c(c4)NC(=O)CO5)CC3)c2c1. The van der Waals surface area contributed by atoms with Crippen molar-refractivity contribution in [2.45, 2.75) is 56.7 Å². The molecule has 0 unspecified atom stereocenters. The third-order valence-corrected chi connectivity index (χ3v) is 7.09. The van der Waals surface area contributed by atoms with Crippen LogP contribution in [0.1, 0.15) is 43.2 Å². The molecule has 1 aromatic heterocycles. The summed E-state index contributed by atoms with van der Waals surface area (Å²) in [6.45, 7) is 0.790. The van der Waals surface area contributed by atoms with Crippen LogP contribution in [0.3, 0.4) is 0 Å². The Hall–Kier alpha value is -3.16. The first-order valence-corrected chi connectivity index (χ1v) is 11.9. The van der Waals surface area contributed by atoms with Gasteiger partial charge in [0.25, 0.3) is 5.91 Å². The van der Waals surface area contributed by atoms with Crippen molar-refractivity contribution in [1.29, 1.82) is 0 Å². The molecule has 34 heavy (non-hydrogen) atoms. The molecule has 3 aromatic rings. The second kappa shape index (κ2) is 9.60. The van der Waals surface area contributed by atoms with Crippen molar-refractivity contribution in [2.24, 2.45) is 0 Å². The Kier molecular flexibility index (Phi) is 6.39. The highest BCUT2D eigenvalue weighted by molar-refractivity contribution is 5.95. The molecule has 178 valence electrons. The zero-order chi connectivity index (χ0) is 23.5. The van der Waals surface area contributed by atoms with Crippen LogP contribution in [0.4, 0.5) is 5.69 Å². The van der Waals surface area contributed by atoms with Crippen LogP contribution in [-0.2, 0) is 17.8 Å². The molecular formula is C27H31N3O4. The van der Waals surface area contributed by atoms with Gasteiger partial charge in [-0.05, 0) is 86.1 Å². The summed E-state index contributed by atoms with van der Waals surface area (Å²) >= 11 is 0. The van der Waals surface area contributed by atoms with Gasteiger partial charge in [-0.2, -0.15) is 0 Å². The fourth-order valence-electron chi connectivity index (χ4n) is 5.01. The number of hydrogen-bond donors (Lipinski definition) is 3. The van der Waals surface area contributed by atoms with Crippen molar-refractivity contribution in [3.8, 4) is 11.5 Å². The quantitative estimate of drug-likeness (QED) is 0.493. The van der Waals surface area contributed by atoms with Crippen molar-refractivity contribution >= 4 is 22.5 Å². The van der Waals surface area contributed by atoms with Crippen molar-refractivity contribution in [3.05, 3.63) is 59.8 Å². The second-order valence-electron chi connectivity index (χ2n) is 9.40. The van der Waals surface area contributed by atoms with Crippen LogP contribution in [-0.4, -0.2) is 41.4 Å². The summed E-state index contributed by atoms with van der Waals surface area (Å²) < 4.78 is 10.8. The smallest absolute Gasteiger partial charge is 0.262 e. The molecule has 1 amide bonds. The molecule has 7 heteroatoms. The molecule has 2 heterocycles. The highest BCUT2D eigenvalue weighted by Crippen LogP contribution is 2.34. The van der Waals surface area contributed by atoms with Crippen LogP contribution in [0.25, 0.3) is 10.9 Å². The number of aromatic nitrogens is 1. The number of benzene rings is 2. The Morgan fingerprint density at radius 1 is 1.21 bits per heavy atom. The maximum Gasteiger partial charge on any atom is 0.262 e. The number of methoxy groups -OCH3 is 1. The summed E-state index contributed by atoms with van der Waals surface area (Å²) in [5, 5.41) is 18.8. The fourth-order valence-corrected chi connectivity index (χ4v) is 5.01. The molecular weight excluding hydrogens is 430 g/mol. The van der Waals surface area contributed by atoms with Crippen LogP contribution in [0.5, 0.6) is 11.5 Å². The van der Waals surface area contributed by atoms with Gasteiger partial charge in [0.15, 0.2) is 6.61 Å². The van der Waals surface area contributed by atoms with E-state index in [0.717, 1.165) is 73.0 Å². The fraction of sp³-hybridized carbons (Fsp3) is 0.407. The van der Waals surface area contributed by atoms with Crippen LogP contribution >= 0.6 is 0 Å². The molecule has 1 saturated carbocycles. The molecule has 3 N–H and O–H groups in total. The predicted molar refractivity (Wildman–Crippen MR) is 131 cm³/mol. The van der Waals surface area contributed by atoms with E-state index in [1.54, 1.807) is 7.11 Å². The standard InChI is InChI=1S/C27H31N3O4/c1-33-21-3-4-23-22(15-21)19(9-13-28-23)6-10-27(32)11-7-20(8-12-27)29-16-18-2-5-25-24(14-18)30-26(31)17-34-25/h2-5,9,13-15,20,29,32H,6-8,10-12,16-17H2,1H3,(H,30,31). The summed E-state index contributed by atoms with van der Waals surface area (Å²) in [5.41, 5.74) is 3.34. The molecule has 0 saturated heterocycles. The lowest BCUT2D eigenvalue weighted by molar-refractivity contribution is -0.118. The van der Waals surface area contributed by atoms with E-state index in [9.17, 15) is 9.90 Å². The van der Waals surface area contributed by atoms with Gasteiger partial charge in [0.1, 0.15) is 11.5 Å². The number of ether oxygens (including phenoxy) is 2. The van der Waals surface area contributed by atoms with Gasteiger partial charge in [0.05, 0.1) is 23.9 Å². The molecule has 1 fully saturated rings. The monoisotopic (exact) mass is 461 g/mol. The van der Waals surface area contributed by atoms with Crippen molar-refractivity contribution in [1.82, 2.24) is 10.3 Å². The number of pyridine rings is 1. The number of hydrogen-bond acceptors (Lipinski definition) is 6. The lowest BCUT2D eigenvalue weighted by Crippen LogP contribution is -2.41. The number of anilines is 1. The number of nitrogens with zero attached hydrogens (tertiary/aromatic N) is 1. The van der Waals surface area contributed by atoms with Crippen LogP contribution < -0.4 is 20.1 Å². The number of carbonyl (C=O) groups is 1. The molecule has 1 aliphatic heterocycles. The minimum absolute atomic E-state index is 0.0706. The summed E-state index contributed by atoms with van der Waals surface area (Å²) in [5.74, 6) is 1.41. The van der Waals surface area contributed by atoms with Crippen molar-refractivity contribution in [3.63, 3.8) is 0 Å². The molecule has 0 spiro atoms. The minimum Gasteiger partial charge on any atom is -0.497 e. The number of carbonyl (C=O) groups excluding carboxylic acids is 1. The van der Waals surface area contributed by atoms with E-state index >= 15 is 0 Å². The summed E-state index contributed by atoms with van der Waals surface area (Å²) in [7, 11) is 1.67. The van der Waals surface area contributed by atoms with Gasteiger partial charge in [-0.15, -0.1) is 0 Å². The lowest BCUT2D eigenvalue weighted by Gasteiger charge is -2.36. The Bertz CT molecular complexity index is 1190. The second-order valence-corrected chi connectivity index (χ2v) is 9.40. The van der Waals surface area contributed by atoms with Gasteiger partial charge in [-0.1, -0.05) is 6.07 Å². The zero-order valence-corrected chi connectivity index (χ0v) is 19.5. The summed E-state index contributed by atoms with van der Waals surface area (Å²) in [6, 6.07) is 14.2. The topological polar surface area (TPSA) is 92.7 Å². The molecule has 1 aliphatic carbocycles. The third kappa shape index (κ3) is 5.00. The minimum atomic E-state index is -0.639. The predicted octanol–water partition coefficient (Wildman–Crippen LogP) is 3.97. The Morgan fingerprint density at radius 2 is 2.06 bits per heavy atom. The van der Waals surface area contributed by atoms with Gasteiger partial charge in [0.2, 0.25) is 0 Å². The van der Waals surface area contributed by atoms with Crippen LogP contribution in [0, 0.1) is 0 Å². The molecule has 0 atom stereocenters. The molecule has 7 nitrogen and oxygen atoms in total. The Labute approximate surface area is 199 Å². The average Bonchev–Trinajstić information content (AvgIpc) is 2.86. The maximum atomic E-state index is 11.6. The van der Waals surface area contributed by atoms with Crippen molar-refractivity contribution < 1.29 is 19.4 Å². The summed E-state index contributed by atoms with van der Waals surface area (Å²) in [4.78, 5) is 16.0. The van der Waals surface area contributed by atoms with E-state index in [-0.39, 0.29) is 12.5 Å². The average molecular weight is 462 g/mol. The van der Waals surface area contributed by atoms with Gasteiger partial charge in [-0.25, -0.2) is 0 Å². The Balaban J connectivity index is 1.14. The first-order chi connectivity index (χ1) is 16.5. The number of fused-ring (bicyclic) bond motifs is 2. The van der Waals surface area contributed by atoms with Crippen LogP contribution in [0.2, 0.25) is 0 Å². The number of nitrogens with one attached hydrogen (secondary N) is 2. The highest BCUT2D eigenvalue weighted by Gasteiger charge is 2.32. The maximum absolute atomic E-state index is 11.6. The molecule has 2 aromatic carbocycles. The first-order valence-electron chi connectivity index (χ1n) is 11.9. The number of aryl methyl sites for hydroxylation is 1. The first kappa shape index (κ1) is 22.6. The molecule has 5 rings (SSSR count). The zero-order valence-electron chi connectivity index (χ0n) is 19.5. The van der Waals surface area contributed by atoms with E-state index in [0.29, 0.717) is 11.8 Å². The number of amides is 1. The highest BCUT2D eigenvalue weighted by atomic mass is 16.5. The van der Waals surface area contributed by atoms with E-state index in [1.807, 2.05) is 48.7 Å². The summed E-state index contributed by atoms with van der Waals surface area (Å²) in [6.07, 6.45) is 6.83. The molecule has 0 bridgehead atoms. The third-order valence-electron chi connectivity index (χ3n) is 7.09. The van der Waals surface area contributed by atoms with Crippen LogP contribution in [0.15, 0.2) is 48.7 Å². The van der Waals surface area contributed by atoms with E-state index in [2.05, 4.69) is 15.6 Å². The van der Waals surface area contributed by atoms with Gasteiger partial charge < -0.3 is 25.2 Å². The molecule has 2 aliphatic rings. The number of rotatable bonds is 7. The Morgan fingerprint density at radius 3 is 2.88 bits per heavy atom. The van der Waals surface area contributed by atoms with Gasteiger partial charge in [-0.3, -0.25) is 9.78 Å². The van der Waals surface area contributed by atoms with Gasteiger partial charge in [0, 0.05) is 24.2 Å². The lowest BCUT2D eigenvalue weighted by atomic mass is 9.78. The number of aliphatic hydroxyl groups is 1. The molecule has 0 radical (unpaired) electrons. The van der Waals surface area contributed by atoms with Crippen molar-refractivity contribution in [2.75, 3.05) is 19.0 Å². The normalized spacial score (nSPS) is 22.1. The largest absolute Gasteiger partial charge is 0.497 e. The van der Waals surface area contributed by atoms with E-state index in [4.69, 9.17) is 9.47 Å². The van der Waals surface area contributed by atoms with E-state index < -0.39 is 5.60 Å². The van der Waals surface area contributed by atoms with E-state index in [1.165, 1.54) is 5.56 Å².